The Morgan fingerprint density at radius 1 is 1.22 bits per heavy atom. The third kappa shape index (κ3) is 4.46. The molecule has 0 heterocycles. The zero-order valence-electron chi connectivity index (χ0n) is 11.1. The fourth-order valence-corrected chi connectivity index (χ4v) is 2.97. The summed E-state index contributed by atoms with van der Waals surface area (Å²) in [5.41, 5.74) is 1.11. The van der Waals surface area contributed by atoms with Crippen LogP contribution < -0.4 is 0 Å². The van der Waals surface area contributed by atoms with E-state index < -0.39 is 7.28 Å². The Morgan fingerprint density at radius 2 is 1.78 bits per heavy atom. The standard InChI is InChI=1S/C13H21O4P/c1-16-18(3,15,17-2)11-13(14)10-9-12-7-5-4-6-8-12/h4-8,15H,9-11H2,1-3H3. The predicted molar refractivity (Wildman–Crippen MR) is 73.7 cm³/mol. The summed E-state index contributed by atoms with van der Waals surface area (Å²) < 4.78 is 10.1. The maximum absolute atomic E-state index is 11.9. The third-order valence-electron chi connectivity index (χ3n) is 3.01. The number of carbonyl (C=O) groups excluding carboxylic acids is 1. The van der Waals surface area contributed by atoms with E-state index in [1.54, 1.807) is 0 Å². The first-order chi connectivity index (χ1) is 8.38. The van der Waals surface area contributed by atoms with E-state index in [9.17, 15) is 9.69 Å². The number of Topliss-reactive ketones (excluding diaryl/α,β-unsaturated/α-hetero) is 1. The summed E-state index contributed by atoms with van der Waals surface area (Å²) in [6.45, 7) is 1.48. The summed E-state index contributed by atoms with van der Waals surface area (Å²) in [5, 5.41) is 0. The minimum absolute atomic E-state index is 0.0507. The first-order valence-electron chi connectivity index (χ1n) is 5.82. The number of hydrogen-bond acceptors (Lipinski definition) is 4. The van der Waals surface area contributed by atoms with Crippen molar-refractivity contribution in [3.05, 3.63) is 35.9 Å². The third-order valence-corrected chi connectivity index (χ3v) is 5.95. The van der Waals surface area contributed by atoms with Crippen LogP contribution in [0.25, 0.3) is 0 Å². The zero-order valence-corrected chi connectivity index (χ0v) is 12.0. The summed E-state index contributed by atoms with van der Waals surface area (Å²) in [7, 11) is -0.984. The summed E-state index contributed by atoms with van der Waals surface area (Å²) in [5.74, 6) is -0.0507. The van der Waals surface area contributed by atoms with Crippen LogP contribution in [0.1, 0.15) is 12.0 Å². The van der Waals surface area contributed by atoms with Gasteiger partial charge in [-0.3, -0.25) is 0 Å². The number of rotatable bonds is 7. The molecule has 0 aromatic heterocycles. The normalized spacial score (nSPS) is 13.9. The van der Waals surface area contributed by atoms with Gasteiger partial charge in [-0.1, -0.05) is 0 Å². The SMILES string of the molecule is COP(C)(O)(CC(=O)CCc1ccccc1)OC. The van der Waals surface area contributed by atoms with Crippen molar-refractivity contribution in [1.82, 2.24) is 0 Å². The van der Waals surface area contributed by atoms with Crippen molar-refractivity contribution in [3.8, 4) is 0 Å². The second-order valence-electron chi connectivity index (χ2n) is 4.57. The van der Waals surface area contributed by atoms with E-state index in [1.807, 2.05) is 30.3 Å². The van der Waals surface area contributed by atoms with Crippen molar-refractivity contribution >= 4 is 13.1 Å². The molecule has 18 heavy (non-hydrogen) atoms. The first kappa shape index (κ1) is 15.3. The average molecular weight is 272 g/mol. The van der Waals surface area contributed by atoms with Gasteiger partial charge in [-0.15, -0.1) is 0 Å². The van der Waals surface area contributed by atoms with E-state index in [4.69, 9.17) is 9.05 Å². The van der Waals surface area contributed by atoms with Crippen LogP contribution >= 0.6 is 7.28 Å². The molecular formula is C13H21O4P. The maximum atomic E-state index is 11.9. The Hall–Kier alpha value is -0.800. The molecule has 0 saturated heterocycles. The van der Waals surface area contributed by atoms with Gasteiger partial charge in [-0.25, -0.2) is 0 Å². The van der Waals surface area contributed by atoms with Crippen LogP contribution in [0.4, 0.5) is 0 Å². The quantitative estimate of drug-likeness (QED) is 0.774. The molecule has 1 rings (SSSR count). The summed E-state index contributed by atoms with van der Waals surface area (Å²) in [4.78, 5) is 22.1. The Labute approximate surface area is 108 Å². The predicted octanol–water partition coefficient (Wildman–Crippen LogP) is 2.40. The van der Waals surface area contributed by atoms with Crippen molar-refractivity contribution in [2.75, 3.05) is 27.0 Å². The summed E-state index contributed by atoms with van der Waals surface area (Å²) in [6, 6.07) is 9.77. The van der Waals surface area contributed by atoms with Crippen molar-refractivity contribution in [3.63, 3.8) is 0 Å². The van der Waals surface area contributed by atoms with Gasteiger partial charge < -0.3 is 0 Å². The van der Waals surface area contributed by atoms with Crippen LogP contribution in [0.15, 0.2) is 30.3 Å². The van der Waals surface area contributed by atoms with Crippen molar-refractivity contribution in [2.24, 2.45) is 0 Å². The van der Waals surface area contributed by atoms with Gasteiger partial charge in [-0.05, 0) is 0 Å². The molecule has 0 fully saturated rings. The molecule has 0 unspecified atom stereocenters. The summed E-state index contributed by atoms with van der Waals surface area (Å²) >= 11 is 0. The van der Waals surface area contributed by atoms with Crippen molar-refractivity contribution in [1.29, 1.82) is 0 Å². The fraction of sp³-hybridized carbons (Fsp3) is 0.462. The molecule has 0 saturated carbocycles. The molecular weight excluding hydrogens is 251 g/mol. The number of benzene rings is 1. The number of aryl methyl sites for hydroxylation is 1. The molecule has 0 radical (unpaired) electrons. The number of hydrogen-bond donors (Lipinski definition) is 1. The van der Waals surface area contributed by atoms with E-state index in [1.165, 1.54) is 20.9 Å². The molecule has 102 valence electrons. The molecule has 5 heteroatoms. The number of ketones is 1. The molecule has 0 atom stereocenters. The van der Waals surface area contributed by atoms with Crippen LogP contribution in [0.3, 0.4) is 0 Å². The van der Waals surface area contributed by atoms with Gasteiger partial charge in [0, 0.05) is 0 Å². The molecule has 1 aromatic rings. The van der Waals surface area contributed by atoms with Crippen molar-refractivity contribution < 1.29 is 18.7 Å². The second-order valence-corrected chi connectivity index (χ2v) is 8.65. The van der Waals surface area contributed by atoms with Crippen LogP contribution in [-0.4, -0.2) is 37.7 Å². The van der Waals surface area contributed by atoms with E-state index in [0.29, 0.717) is 12.8 Å². The van der Waals surface area contributed by atoms with Gasteiger partial charge in [0.25, 0.3) is 0 Å². The molecule has 1 N–H and O–H groups in total. The molecule has 0 bridgehead atoms. The molecule has 1 aromatic carbocycles. The molecule has 4 nitrogen and oxygen atoms in total. The van der Waals surface area contributed by atoms with Crippen LogP contribution in [0, 0.1) is 0 Å². The van der Waals surface area contributed by atoms with E-state index in [0.717, 1.165) is 5.56 Å². The molecule has 0 aliphatic carbocycles. The Balaban J connectivity index is 2.53. The van der Waals surface area contributed by atoms with Crippen LogP contribution in [-0.2, 0) is 20.3 Å². The topological polar surface area (TPSA) is 55.8 Å². The molecule has 0 aliphatic rings. The minimum atomic E-state index is -3.72. The van der Waals surface area contributed by atoms with Crippen molar-refractivity contribution in [2.45, 2.75) is 12.8 Å². The molecule has 0 amide bonds. The Kier molecular flexibility index (Phi) is 5.00. The first-order valence-corrected chi connectivity index (χ1v) is 8.48. The molecule has 0 spiro atoms. The van der Waals surface area contributed by atoms with Gasteiger partial charge in [-0.2, -0.15) is 0 Å². The Morgan fingerprint density at radius 3 is 2.28 bits per heavy atom. The van der Waals surface area contributed by atoms with Crippen LogP contribution in [0.5, 0.6) is 0 Å². The second kappa shape index (κ2) is 5.89. The number of carbonyl (C=O) groups is 1. The zero-order chi connectivity index (χ0) is 13.7. The fourth-order valence-electron chi connectivity index (χ4n) is 1.61. The van der Waals surface area contributed by atoms with E-state index in [-0.39, 0.29) is 11.9 Å². The van der Waals surface area contributed by atoms with Crippen LogP contribution in [0.2, 0.25) is 0 Å². The molecule has 0 aliphatic heterocycles. The van der Waals surface area contributed by atoms with Gasteiger partial charge in [0.1, 0.15) is 0 Å². The average Bonchev–Trinajstić information content (AvgIpc) is 2.38. The van der Waals surface area contributed by atoms with Gasteiger partial charge in [0.15, 0.2) is 0 Å². The van der Waals surface area contributed by atoms with E-state index >= 15 is 0 Å². The Bertz CT molecular complexity index is 395. The van der Waals surface area contributed by atoms with E-state index in [2.05, 4.69) is 0 Å². The van der Waals surface area contributed by atoms with Gasteiger partial charge >= 0.3 is 108 Å². The van der Waals surface area contributed by atoms with Gasteiger partial charge in [0.2, 0.25) is 0 Å². The summed E-state index contributed by atoms with van der Waals surface area (Å²) in [6.07, 6.45) is 0.980. The monoisotopic (exact) mass is 272 g/mol. The van der Waals surface area contributed by atoms with Gasteiger partial charge in [0.05, 0.1) is 0 Å².